The highest BCUT2D eigenvalue weighted by Crippen LogP contribution is 2.36. The number of benzene rings is 2. The molecule has 2 aromatic carbocycles. The van der Waals surface area contributed by atoms with E-state index in [-0.39, 0.29) is 6.79 Å². The minimum absolute atomic E-state index is 0.251. The van der Waals surface area contributed by atoms with Gasteiger partial charge in [0.15, 0.2) is 11.5 Å². The summed E-state index contributed by atoms with van der Waals surface area (Å²) < 4.78 is 13.1. The Balaban J connectivity index is 1.86. The summed E-state index contributed by atoms with van der Waals surface area (Å²) in [5, 5.41) is 9.35. The maximum absolute atomic E-state index is 9.35. The van der Waals surface area contributed by atoms with Gasteiger partial charge in [0.05, 0.1) is 29.2 Å². The highest BCUT2D eigenvalue weighted by Gasteiger charge is 2.19. The van der Waals surface area contributed by atoms with Crippen LogP contribution in [-0.2, 0) is 13.0 Å². The Morgan fingerprint density at radius 1 is 1.21 bits per heavy atom. The van der Waals surface area contributed by atoms with Gasteiger partial charge in [-0.3, -0.25) is 0 Å². The third kappa shape index (κ3) is 2.37. The Hall–Kier alpha value is -3.00. The van der Waals surface area contributed by atoms with Crippen molar-refractivity contribution >= 4 is 11.0 Å². The van der Waals surface area contributed by atoms with Crippen molar-refractivity contribution in [3.8, 4) is 17.6 Å². The average Bonchev–Trinajstić information content (AvgIpc) is 3.18. The lowest BCUT2D eigenvalue weighted by atomic mass is 10.1. The number of hydrogen-bond donors (Lipinski definition) is 0. The van der Waals surface area contributed by atoms with Gasteiger partial charge in [0.2, 0.25) is 6.79 Å². The second kappa shape index (κ2) is 5.89. The van der Waals surface area contributed by atoms with Crippen molar-refractivity contribution in [2.75, 3.05) is 6.79 Å². The van der Waals surface area contributed by atoms with Gasteiger partial charge in [0.25, 0.3) is 0 Å². The van der Waals surface area contributed by atoms with Gasteiger partial charge in [-0.1, -0.05) is 25.1 Å². The fraction of sp³-hybridized carbons (Fsp3) is 0.263. The number of hydrogen-bond acceptors (Lipinski definition) is 4. The molecular formula is C19H17N3O2. The van der Waals surface area contributed by atoms with E-state index < -0.39 is 0 Å². The van der Waals surface area contributed by atoms with Crippen LogP contribution in [0.2, 0.25) is 0 Å². The van der Waals surface area contributed by atoms with Crippen LogP contribution >= 0.6 is 0 Å². The SMILES string of the molecule is CCCc1nc2cc3c(cc2n1Cc1ccccc1C#N)OCO3. The molecular weight excluding hydrogens is 302 g/mol. The average molecular weight is 319 g/mol. The molecule has 0 spiro atoms. The Labute approximate surface area is 140 Å². The van der Waals surface area contributed by atoms with Crippen molar-refractivity contribution in [2.45, 2.75) is 26.3 Å². The lowest BCUT2D eigenvalue weighted by molar-refractivity contribution is 0.174. The number of fused-ring (bicyclic) bond motifs is 2. The topological polar surface area (TPSA) is 60.1 Å². The molecule has 0 saturated carbocycles. The van der Waals surface area contributed by atoms with E-state index in [4.69, 9.17) is 14.5 Å². The molecule has 0 N–H and O–H groups in total. The van der Waals surface area contributed by atoms with Crippen molar-refractivity contribution < 1.29 is 9.47 Å². The summed E-state index contributed by atoms with van der Waals surface area (Å²) in [5.41, 5.74) is 3.60. The molecule has 0 bridgehead atoms. The van der Waals surface area contributed by atoms with E-state index in [1.165, 1.54) is 0 Å². The fourth-order valence-electron chi connectivity index (χ4n) is 3.09. The van der Waals surface area contributed by atoms with Gasteiger partial charge in [-0.25, -0.2) is 4.98 Å². The van der Waals surface area contributed by atoms with Crippen LogP contribution in [0.3, 0.4) is 0 Å². The first-order valence-electron chi connectivity index (χ1n) is 8.07. The number of imidazole rings is 1. The molecule has 0 radical (unpaired) electrons. The van der Waals surface area contributed by atoms with Gasteiger partial charge < -0.3 is 14.0 Å². The Bertz CT molecular complexity index is 953. The molecule has 4 rings (SSSR count). The Morgan fingerprint density at radius 3 is 2.79 bits per heavy atom. The van der Waals surface area contributed by atoms with Gasteiger partial charge >= 0.3 is 0 Å². The van der Waals surface area contributed by atoms with Crippen molar-refractivity contribution in [1.29, 1.82) is 5.26 Å². The zero-order valence-corrected chi connectivity index (χ0v) is 13.5. The summed E-state index contributed by atoms with van der Waals surface area (Å²) >= 11 is 0. The summed E-state index contributed by atoms with van der Waals surface area (Å²) in [7, 11) is 0. The molecule has 120 valence electrons. The van der Waals surface area contributed by atoms with Gasteiger partial charge in [-0.15, -0.1) is 0 Å². The summed E-state index contributed by atoms with van der Waals surface area (Å²) in [4.78, 5) is 4.78. The van der Waals surface area contributed by atoms with Crippen LogP contribution in [-0.4, -0.2) is 16.3 Å². The van der Waals surface area contributed by atoms with Crippen LogP contribution in [0.4, 0.5) is 0 Å². The molecule has 0 unspecified atom stereocenters. The van der Waals surface area contributed by atoms with Crippen molar-refractivity contribution in [3.63, 3.8) is 0 Å². The predicted octanol–water partition coefficient (Wildman–Crippen LogP) is 3.64. The number of aromatic nitrogens is 2. The maximum Gasteiger partial charge on any atom is 0.231 e. The summed E-state index contributed by atoms with van der Waals surface area (Å²) in [6, 6.07) is 13.9. The Morgan fingerprint density at radius 2 is 2.00 bits per heavy atom. The van der Waals surface area contributed by atoms with E-state index >= 15 is 0 Å². The van der Waals surface area contributed by atoms with Crippen molar-refractivity contribution in [1.82, 2.24) is 9.55 Å². The number of rotatable bonds is 4. The zero-order chi connectivity index (χ0) is 16.5. The van der Waals surface area contributed by atoms with Crippen LogP contribution < -0.4 is 9.47 Å². The maximum atomic E-state index is 9.35. The van der Waals surface area contributed by atoms with E-state index in [9.17, 15) is 5.26 Å². The molecule has 5 heteroatoms. The first-order valence-corrected chi connectivity index (χ1v) is 8.07. The van der Waals surface area contributed by atoms with E-state index in [1.54, 1.807) is 0 Å². The second-order valence-corrected chi connectivity index (χ2v) is 5.83. The number of nitriles is 1. The van der Waals surface area contributed by atoms with Crippen LogP contribution in [0.15, 0.2) is 36.4 Å². The van der Waals surface area contributed by atoms with Gasteiger partial charge in [0.1, 0.15) is 5.82 Å². The smallest absolute Gasteiger partial charge is 0.231 e. The minimum Gasteiger partial charge on any atom is -0.454 e. The van der Waals surface area contributed by atoms with Crippen LogP contribution in [0.5, 0.6) is 11.5 Å². The third-order valence-electron chi connectivity index (χ3n) is 4.26. The lowest BCUT2D eigenvalue weighted by Crippen LogP contribution is -2.06. The molecule has 24 heavy (non-hydrogen) atoms. The monoisotopic (exact) mass is 319 g/mol. The molecule has 0 aliphatic carbocycles. The summed E-state index contributed by atoms with van der Waals surface area (Å²) in [6.07, 6.45) is 1.89. The minimum atomic E-state index is 0.251. The summed E-state index contributed by atoms with van der Waals surface area (Å²) in [5.74, 6) is 2.51. The van der Waals surface area contributed by atoms with E-state index in [1.807, 2.05) is 36.4 Å². The number of nitrogens with zero attached hydrogens (tertiary/aromatic N) is 3. The van der Waals surface area contributed by atoms with Gasteiger partial charge in [0, 0.05) is 18.6 Å². The Kier molecular flexibility index (Phi) is 3.58. The number of aryl methyl sites for hydroxylation is 1. The molecule has 0 amide bonds. The quantitative estimate of drug-likeness (QED) is 0.736. The van der Waals surface area contributed by atoms with Crippen LogP contribution in [0.25, 0.3) is 11.0 Å². The highest BCUT2D eigenvalue weighted by molar-refractivity contribution is 5.81. The molecule has 0 fully saturated rings. The highest BCUT2D eigenvalue weighted by atomic mass is 16.7. The molecule has 0 saturated heterocycles. The fourth-order valence-corrected chi connectivity index (χ4v) is 3.09. The molecule has 2 heterocycles. The standard InChI is InChI=1S/C19H17N3O2/c1-2-5-19-21-15-8-17-18(24-12-23-17)9-16(15)22(19)11-14-7-4-3-6-13(14)10-20/h3-4,6-9H,2,5,11-12H2,1H3. The van der Waals surface area contributed by atoms with Crippen LogP contribution in [0.1, 0.15) is 30.3 Å². The first kappa shape index (κ1) is 14.6. The van der Waals surface area contributed by atoms with Crippen LogP contribution in [0, 0.1) is 11.3 Å². The molecule has 1 aromatic heterocycles. The molecule has 1 aliphatic heterocycles. The third-order valence-corrected chi connectivity index (χ3v) is 4.26. The number of ether oxygens (including phenoxy) is 2. The van der Waals surface area contributed by atoms with Crippen molar-refractivity contribution in [3.05, 3.63) is 53.3 Å². The van der Waals surface area contributed by atoms with Gasteiger partial charge in [-0.05, 0) is 18.1 Å². The predicted molar refractivity (Wildman–Crippen MR) is 90.1 cm³/mol. The normalized spacial score (nSPS) is 12.5. The van der Waals surface area contributed by atoms with E-state index in [2.05, 4.69) is 17.6 Å². The summed E-state index contributed by atoms with van der Waals surface area (Å²) in [6.45, 7) is 3.01. The zero-order valence-electron chi connectivity index (χ0n) is 13.5. The molecule has 5 nitrogen and oxygen atoms in total. The van der Waals surface area contributed by atoms with Crippen molar-refractivity contribution in [2.24, 2.45) is 0 Å². The van der Waals surface area contributed by atoms with Gasteiger partial charge in [-0.2, -0.15) is 5.26 Å². The lowest BCUT2D eigenvalue weighted by Gasteiger charge is -2.10. The molecule has 0 atom stereocenters. The second-order valence-electron chi connectivity index (χ2n) is 5.83. The van der Waals surface area contributed by atoms with E-state index in [0.29, 0.717) is 12.1 Å². The largest absolute Gasteiger partial charge is 0.454 e. The molecule has 1 aliphatic rings. The molecule has 3 aromatic rings. The first-order chi connectivity index (χ1) is 11.8. The van der Waals surface area contributed by atoms with E-state index in [0.717, 1.165) is 46.8 Å².